The maximum atomic E-state index is 13.6. The van der Waals surface area contributed by atoms with E-state index in [-0.39, 0.29) is 15.5 Å². The molecule has 4 aromatic carbocycles. The number of anilines is 3. The van der Waals surface area contributed by atoms with E-state index in [1.54, 1.807) is 26.0 Å². The van der Waals surface area contributed by atoms with Crippen molar-refractivity contribution < 1.29 is 34.8 Å². The first-order valence-electron chi connectivity index (χ1n) is 12.9. The molecule has 1 amide bonds. The number of benzene rings is 4. The van der Waals surface area contributed by atoms with Crippen LogP contribution in [0.5, 0.6) is 0 Å². The molecule has 0 aliphatic rings. The Morgan fingerprint density at radius 3 is 2.00 bits per heavy atom. The maximum absolute atomic E-state index is 13.6. The summed E-state index contributed by atoms with van der Waals surface area (Å²) in [5.74, 6) is -0.895. The summed E-state index contributed by atoms with van der Waals surface area (Å²) in [5, 5.41) is 1.83. The largest absolute Gasteiger partial charge is 0.417 e. The number of hydrogen-bond donors (Lipinski definition) is 2. The number of nitrogens with one attached hydrogen (secondary N) is 2. The first-order valence-corrected chi connectivity index (χ1v) is 16.2. The minimum absolute atomic E-state index is 0.0965. The predicted octanol–water partition coefficient (Wildman–Crippen LogP) is 6.92. The van der Waals surface area contributed by atoms with Gasteiger partial charge in [0.05, 0.1) is 31.8 Å². The van der Waals surface area contributed by atoms with Crippen LogP contribution in [0, 0.1) is 20.8 Å². The van der Waals surface area contributed by atoms with Crippen LogP contribution >= 0.6 is 11.6 Å². The van der Waals surface area contributed by atoms with Gasteiger partial charge < -0.3 is 5.32 Å². The molecule has 14 heteroatoms. The van der Waals surface area contributed by atoms with Crippen molar-refractivity contribution in [2.45, 2.75) is 36.7 Å². The molecule has 4 aromatic rings. The van der Waals surface area contributed by atoms with Gasteiger partial charge in [-0.05, 0) is 92.6 Å². The molecule has 0 aromatic heterocycles. The average Bonchev–Trinajstić information content (AvgIpc) is 2.94. The number of sulfonamides is 2. The molecule has 0 aliphatic heterocycles. The lowest BCUT2D eigenvalue weighted by atomic mass is 10.1. The lowest BCUT2D eigenvalue weighted by Gasteiger charge is -2.25. The van der Waals surface area contributed by atoms with E-state index in [9.17, 15) is 34.8 Å². The quantitative estimate of drug-likeness (QED) is 0.202. The van der Waals surface area contributed by atoms with Gasteiger partial charge in [0.1, 0.15) is 6.54 Å². The summed E-state index contributed by atoms with van der Waals surface area (Å²) < 4.78 is 96.9. The van der Waals surface area contributed by atoms with E-state index in [4.69, 9.17) is 11.6 Å². The summed E-state index contributed by atoms with van der Waals surface area (Å²) in [5.41, 5.74) is 1.15. The zero-order valence-corrected chi connectivity index (χ0v) is 26.0. The van der Waals surface area contributed by atoms with Crippen LogP contribution in [0.4, 0.5) is 30.2 Å². The number of alkyl halides is 3. The van der Waals surface area contributed by atoms with Gasteiger partial charge >= 0.3 is 6.18 Å². The van der Waals surface area contributed by atoms with Gasteiger partial charge in [0.2, 0.25) is 5.91 Å². The fourth-order valence-corrected chi connectivity index (χ4v) is 6.90. The summed E-state index contributed by atoms with van der Waals surface area (Å²) in [7, 11) is -8.50. The standard InChI is InChI=1S/C30H27ClF3N3O5S2/c1-19-5-11-25(12-6-19)44(41,42)37(23-10-15-27(31)26(17-23)30(32,33)34)18-29(38)35-22-8-13-24(14-9-22)43(39,40)36-28-16-20(2)4-7-21(28)3/h4-17,36H,18H2,1-3H3,(H,35,38). The fourth-order valence-electron chi connectivity index (χ4n) is 4.14. The summed E-state index contributed by atoms with van der Waals surface area (Å²) in [6.07, 6.45) is -4.89. The Balaban J connectivity index is 1.60. The molecule has 0 spiro atoms. The van der Waals surface area contributed by atoms with Crippen molar-refractivity contribution in [3.8, 4) is 0 Å². The first kappa shape index (κ1) is 32.8. The Morgan fingerprint density at radius 1 is 0.795 bits per heavy atom. The van der Waals surface area contributed by atoms with Gasteiger partial charge in [0, 0.05) is 5.69 Å². The molecule has 0 atom stereocenters. The van der Waals surface area contributed by atoms with Crippen LogP contribution in [0.3, 0.4) is 0 Å². The molecule has 0 radical (unpaired) electrons. The van der Waals surface area contributed by atoms with E-state index in [1.807, 2.05) is 13.0 Å². The van der Waals surface area contributed by atoms with Crippen LogP contribution in [0.25, 0.3) is 0 Å². The van der Waals surface area contributed by atoms with Gasteiger partial charge in [-0.1, -0.05) is 41.4 Å². The van der Waals surface area contributed by atoms with Crippen LogP contribution < -0.4 is 14.3 Å². The van der Waals surface area contributed by atoms with E-state index >= 15 is 0 Å². The monoisotopic (exact) mass is 665 g/mol. The molecule has 0 unspecified atom stereocenters. The first-order chi connectivity index (χ1) is 20.5. The molecule has 0 heterocycles. The number of rotatable bonds is 9. The van der Waals surface area contributed by atoms with Gasteiger partial charge in [-0.15, -0.1) is 0 Å². The number of halogens is 4. The molecule has 44 heavy (non-hydrogen) atoms. The summed E-state index contributed by atoms with van der Waals surface area (Å²) in [6, 6.07) is 18.5. The van der Waals surface area contributed by atoms with Crippen molar-refractivity contribution in [1.29, 1.82) is 0 Å². The molecular weight excluding hydrogens is 639 g/mol. The number of nitrogens with zero attached hydrogens (tertiary/aromatic N) is 1. The van der Waals surface area contributed by atoms with Crippen LogP contribution in [0.2, 0.25) is 5.02 Å². The molecule has 0 saturated heterocycles. The Kier molecular flexibility index (Phi) is 9.33. The molecule has 0 saturated carbocycles. The third kappa shape index (κ3) is 7.52. The molecule has 0 fully saturated rings. The van der Waals surface area contributed by atoms with Gasteiger partial charge in [0.25, 0.3) is 20.0 Å². The van der Waals surface area contributed by atoms with E-state index in [0.717, 1.165) is 28.8 Å². The average molecular weight is 666 g/mol. The zero-order chi connectivity index (χ0) is 32.4. The third-order valence-electron chi connectivity index (χ3n) is 6.53. The summed E-state index contributed by atoms with van der Waals surface area (Å²) in [6.45, 7) is 4.41. The molecule has 2 N–H and O–H groups in total. The van der Waals surface area contributed by atoms with Crippen molar-refractivity contribution in [1.82, 2.24) is 0 Å². The predicted molar refractivity (Wildman–Crippen MR) is 164 cm³/mol. The minimum atomic E-state index is -4.89. The van der Waals surface area contributed by atoms with E-state index in [0.29, 0.717) is 16.1 Å². The highest BCUT2D eigenvalue weighted by Crippen LogP contribution is 2.38. The normalized spacial score (nSPS) is 12.1. The summed E-state index contributed by atoms with van der Waals surface area (Å²) in [4.78, 5) is 12.7. The Morgan fingerprint density at radius 2 is 1.39 bits per heavy atom. The maximum Gasteiger partial charge on any atom is 0.417 e. The van der Waals surface area contributed by atoms with Crippen LogP contribution in [-0.2, 0) is 31.0 Å². The number of aryl methyl sites for hydroxylation is 3. The van der Waals surface area contributed by atoms with Crippen molar-refractivity contribution in [3.05, 3.63) is 112 Å². The van der Waals surface area contributed by atoms with Gasteiger partial charge in [-0.25, -0.2) is 16.8 Å². The smallest absolute Gasteiger partial charge is 0.325 e. The zero-order valence-electron chi connectivity index (χ0n) is 23.6. The van der Waals surface area contributed by atoms with Gasteiger partial charge in [0.15, 0.2) is 0 Å². The van der Waals surface area contributed by atoms with Crippen LogP contribution in [0.15, 0.2) is 94.7 Å². The molecule has 232 valence electrons. The van der Waals surface area contributed by atoms with E-state index in [1.165, 1.54) is 48.5 Å². The second-order valence-electron chi connectivity index (χ2n) is 9.98. The van der Waals surface area contributed by atoms with Crippen LogP contribution in [0.1, 0.15) is 22.3 Å². The molecule has 0 bridgehead atoms. The second kappa shape index (κ2) is 12.5. The lowest BCUT2D eigenvalue weighted by molar-refractivity contribution is -0.137. The van der Waals surface area contributed by atoms with Crippen LogP contribution in [-0.4, -0.2) is 29.3 Å². The number of carbonyl (C=O) groups excluding carboxylic acids is 1. The van der Waals surface area contributed by atoms with Crippen molar-refractivity contribution in [2.24, 2.45) is 0 Å². The van der Waals surface area contributed by atoms with E-state index in [2.05, 4.69) is 10.0 Å². The third-order valence-corrected chi connectivity index (χ3v) is 10.0. The molecular formula is C30H27ClF3N3O5S2. The molecule has 4 rings (SSSR count). The Bertz CT molecular complexity index is 1920. The van der Waals surface area contributed by atoms with E-state index < -0.39 is 54.9 Å². The highest BCUT2D eigenvalue weighted by Gasteiger charge is 2.35. The van der Waals surface area contributed by atoms with Gasteiger partial charge in [-0.3, -0.25) is 13.8 Å². The number of carbonyl (C=O) groups is 1. The number of amides is 1. The highest BCUT2D eigenvalue weighted by atomic mass is 35.5. The second-order valence-corrected chi connectivity index (χ2v) is 13.9. The SMILES string of the molecule is Cc1ccc(S(=O)(=O)N(CC(=O)Nc2ccc(S(=O)(=O)Nc3cc(C)ccc3C)cc2)c2ccc(Cl)c(C(F)(F)F)c2)cc1. The Hall–Kier alpha value is -4.07. The highest BCUT2D eigenvalue weighted by molar-refractivity contribution is 7.93. The minimum Gasteiger partial charge on any atom is -0.325 e. The molecule has 8 nitrogen and oxygen atoms in total. The van der Waals surface area contributed by atoms with Crippen molar-refractivity contribution in [2.75, 3.05) is 20.9 Å². The lowest BCUT2D eigenvalue weighted by Crippen LogP contribution is -2.38. The van der Waals surface area contributed by atoms with Crippen molar-refractivity contribution >= 4 is 54.6 Å². The summed E-state index contributed by atoms with van der Waals surface area (Å²) >= 11 is 5.74. The fraction of sp³-hybridized carbons (Fsp3) is 0.167. The Labute approximate surface area is 258 Å². The molecule has 0 aliphatic carbocycles. The number of hydrogen-bond acceptors (Lipinski definition) is 5. The van der Waals surface area contributed by atoms with Crippen molar-refractivity contribution in [3.63, 3.8) is 0 Å². The van der Waals surface area contributed by atoms with Gasteiger partial charge in [-0.2, -0.15) is 13.2 Å². The topological polar surface area (TPSA) is 113 Å².